The smallest absolute Gasteiger partial charge is 0.0921 e. The van der Waals surface area contributed by atoms with Gasteiger partial charge in [0.2, 0.25) is 0 Å². The SMILES string of the molecule is C#Cc1cccc(-c2cc[nH]n2)c1. The van der Waals surface area contributed by atoms with Gasteiger partial charge in [0.25, 0.3) is 0 Å². The number of terminal acetylenes is 1. The van der Waals surface area contributed by atoms with Crippen LogP contribution in [0.25, 0.3) is 11.3 Å². The Morgan fingerprint density at radius 3 is 2.92 bits per heavy atom. The summed E-state index contributed by atoms with van der Waals surface area (Å²) in [5.74, 6) is 2.59. The van der Waals surface area contributed by atoms with Crippen LogP contribution >= 0.6 is 0 Å². The fourth-order valence-electron chi connectivity index (χ4n) is 1.19. The Balaban J connectivity index is 2.49. The molecular formula is C11H8N2. The van der Waals surface area contributed by atoms with Crippen molar-refractivity contribution in [2.75, 3.05) is 0 Å². The van der Waals surface area contributed by atoms with Gasteiger partial charge in [-0.15, -0.1) is 6.42 Å². The van der Waals surface area contributed by atoms with E-state index in [0.717, 1.165) is 16.8 Å². The Hall–Kier alpha value is -2.01. The lowest BCUT2D eigenvalue weighted by molar-refractivity contribution is 1.10. The highest BCUT2D eigenvalue weighted by molar-refractivity contribution is 5.60. The van der Waals surface area contributed by atoms with E-state index < -0.39 is 0 Å². The molecule has 1 aromatic carbocycles. The highest BCUT2D eigenvalue weighted by Crippen LogP contribution is 2.16. The van der Waals surface area contributed by atoms with E-state index in [9.17, 15) is 0 Å². The maximum atomic E-state index is 5.29. The zero-order chi connectivity index (χ0) is 9.10. The molecule has 2 aromatic rings. The van der Waals surface area contributed by atoms with Crippen LogP contribution in [-0.2, 0) is 0 Å². The zero-order valence-electron chi connectivity index (χ0n) is 6.99. The standard InChI is InChI=1S/C11H8N2/c1-2-9-4-3-5-10(8-9)11-6-7-12-13-11/h1,3-8H,(H,12,13). The van der Waals surface area contributed by atoms with E-state index in [4.69, 9.17) is 6.42 Å². The Morgan fingerprint density at radius 2 is 2.23 bits per heavy atom. The molecule has 0 atom stereocenters. The number of hydrogen-bond donors (Lipinski definition) is 1. The number of aromatic amines is 1. The van der Waals surface area contributed by atoms with Gasteiger partial charge in [0.15, 0.2) is 0 Å². The zero-order valence-corrected chi connectivity index (χ0v) is 6.99. The van der Waals surface area contributed by atoms with Gasteiger partial charge in [-0.25, -0.2) is 0 Å². The van der Waals surface area contributed by atoms with Crippen LogP contribution in [0.1, 0.15) is 5.56 Å². The molecule has 13 heavy (non-hydrogen) atoms. The molecule has 2 rings (SSSR count). The molecule has 0 saturated carbocycles. The first-order valence-electron chi connectivity index (χ1n) is 3.97. The van der Waals surface area contributed by atoms with E-state index in [2.05, 4.69) is 16.1 Å². The van der Waals surface area contributed by atoms with Gasteiger partial charge in [-0.2, -0.15) is 5.10 Å². The van der Waals surface area contributed by atoms with E-state index >= 15 is 0 Å². The van der Waals surface area contributed by atoms with Crippen molar-refractivity contribution in [1.82, 2.24) is 10.2 Å². The molecule has 0 spiro atoms. The van der Waals surface area contributed by atoms with Crippen molar-refractivity contribution in [2.45, 2.75) is 0 Å². The van der Waals surface area contributed by atoms with Crippen molar-refractivity contribution >= 4 is 0 Å². The predicted molar refractivity (Wildman–Crippen MR) is 52.0 cm³/mol. The maximum absolute atomic E-state index is 5.29. The van der Waals surface area contributed by atoms with E-state index in [1.54, 1.807) is 6.20 Å². The Labute approximate surface area is 76.6 Å². The van der Waals surface area contributed by atoms with Gasteiger partial charge in [-0.1, -0.05) is 18.1 Å². The fourth-order valence-corrected chi connectivity index (χ4v) is 1.19. The summed E-state index contributed by atoms with van der Waals surface area (Å²) < 4.78 is 0. The van der Waals surface area contributed by atoms with Crippen LogP contribution in [0, 0.1) is 12.3 Å². The molecule has 0 amide bonds. The molecule has 1 heterocycles. The molecule has 2 nitrogen and oxygen atoms in total. The average Bonchev–Trinajstić information content (AvgIpc) is 2.71. The van der Waals surface area contributed by atoms with Crippen LogP contribution in [0.3, 0.4) is 0 Å². The number of hydrogen-bond acceptors (Lipinski definition) is 1. The van der Waals surface area contributed by atoms with E-state index in [1.165, 1.54) is 0 Å². The Kier molecular flexibility index (Phi) is 1.85. The highest BCUT2D eigenvalue weighted by atomic mass is 15.1. The second-order valence-electron chi connectivity index (χ2n) is 2.68. The van der Waals surface area contributed by atoms with Crippen molar-refractivity contribution in [2.24, 2.45) is 0 Å². The first kappa shape index (κ1) is 7.63. The molecule has 0 fully saturated rings. The minimum atomic E-state index is 0.875. The average molecular weight is 168 g/mol. The summed E-state index contributed by atoms with van der Waals surface area (Å²) in [6.07, 6.45) is 7.08. The quantitative estimate of drug-likeness (QED) is 0.649. The molecular weight excluding hydrogens is 160 g/mol. The number of aromatic nitrogens is 2. The van der Waals surface area contributed by atoms with E-state index in [-0.39, 0.29) is 0 Å². The Morgan fingerprint density at radius 1 is 1.31 bits per heavy atom. The molecule has 0 aliphatic rings. The molecule has 0 aliphatic heterocycles. The molecule has 1 N–H and O–H groups in total. The van der Waals surface area contributed by atoms with Gasteiger partial charge >= 0.3 is 0 Å². The summed E-state index contributed by atoms with van der Waals surface area (Å²) in [7, 11) is 0. The highest BCUT2D eigenvalue weighted by Gasteiger charge is 1.98. The lowest BCUT2D eigenvalue weighted by Crippen LogP contribution is -1.79. The summed E-state index contributed by atoms with van der Waals surface area (Å²) in [6.45, 7) is 0. The summed E-state index contributed by atoms with van der Waals surface area (Å²) in [6, 6.07) is 9.66. The monoisotopic (exact) mass is 168 g/mol. The minimum absolute atomic E-state index is 0.875. The molecule has 0 aliphatic carbocycles. The number of nitrogens with zero attached hydrogens (tertiary/aromatic N) is 1. The van der Waals surface area contributed by atoms with Crippen molar-refractivity contribution in [1.29, 1.82) is 0 Å². The third-order valence-electron chi connectivity index (χ3n) is 1.83. The summed E-state index contributed by atoms with van der Waals surface area (Å²) in [4.78, 5) is 0. The van der Waals surface area contributed by atoms with Crippen molar-refractivity contribution in [3.05, 3.63) is 42.1 Å². The molecule has 1 aromatic heterocycles. The third kappa shape index (κ3) is 1.45. The van der Waals surface area contributed by atoms with Gasteiger partial charge in [0.05, 0.1) is 5.69 Å². The molecule has 62 valence electrons. The van der Waals surface area contributed by atoms with E-state index in [1.807, 2.05) is 30.3 Å². The summed E-state index contributed by atoms with van der Waals surface area (Å²) in [5, 5.41) is 6.83. The third-order valence-corrected chi connectivity index (χ3v) is 1.83. The van der Waals surface area contributed by atoms with Crippen LogP contribution in [0.5, 0.6) is 0 Å². The molecule has 2 heteroatoms. The maximum Gasteiger partial charge on any atom is 0.0921 e. The topological polar surface area (TPSA) is 28.7 Å². The molecule has 0 unspecified atom stereocenters. The second kappa shape index (κ2) is 3.16. The summed E-state index contributed by atoms with van der Waals surface area (Å²) >= 11 is 0. The fraction of sp³-hybridized carbons (Fsp3) is 0. The Bertz CT molecular complexity index is 435. The first-order valence-corrected chi connectivity index (χ1v) is 3.97. The lowest BCUT2D eigenvalue weighted by Gasteiger charge is -1.96. The van der Waals surface area contributed by atoms with Crippen LogP contribution in [0.4, 0.5) is 0 Å². The number of H-pyrrole nitrogens is 1. The van der Waals surface area contributed by atoms with Crippen LogP contribution in [0.2, 0.25) is 0 Å². The molecule has 0 bridgehead atoms. The van der Waals surface area contributed by atoms with Crippen molar-refractivity contribution in [3.63, 3.8) is 0 Å². The number of benzene rings is 1. The van der Waals surface area contributed by atoms with Crippen molar-refractivity contribution < 1.29 is 0 Å². The van der Waals surface area contributed by atoms with Crippen LogP contribution < -0.4 is 0 Å². The van der Waals surface area contributed by atoms with E-state index in [0.29, 0.717) is 0 Å². The van der Waals surface area contributed by atoms with Crippen LogP contribution in [0.15, 0.2) is 36.5 Å². The second-order valence-corrected chi connectivity index (χ2v) is 2.68. The molecule has 0 radical (unpaired) electrons. The minimum Gasteiger partial charge on any atom is -0.285 e. The number of rotatable bonds is 1. The summed E-state index contributed by atoms with van der Waals surface area (Å²) in [5.41, 5.74) is 2.83. The van der Waals surface area contributed by atoms with Gasteiger partial charge in [-0.05, 0) is 18.2 Å². The van der Waals surface area contributed by atoms with Gasteiger partial charge in [-0.3, -0.25) is 5.10 Å². The van der Waals surface area contributed by atoms with Crippen LogP contribution in [-0.4, -0.2) is 10.2 Å². The first-order chi connectivity index (χ1) is 6.40. The predicted octanol–water partition coefficient (Wildman–Crippen LogP) is 2.06. The van der Waals surface area contributed by atoms with Gasteiger partial charge in [0, 0.05) is 17.3 Å². The van der Waals surface area contributed by atoms with Gasteiger partial charge < -0.3 is 0 Å². The van der Waals surface area contributed by atoms with Gasteiger partial charge in [0.1, 0.15) is 0 Å². The molecule has 0 saturated heterocycles. The lowest BCUT2D eigenvalue weighted by atomic mass is 10.1. The van der Waals surface area contributed by atoms with Crippen molar-refractivity contribution in [3.8, 4) is 23.6 Å². The number of nitrogens with one attached hydrogen (secondary N) is 1. The normalized spacial score (nSPS) is 9.46. The largest absolute Gasteiger partial charge is 0.285 e.